The van der Waals surface area contributed by atoms with Gasteiger partial charge in [0.25, 0.3) is 0 Å². The van der Waals surface area contributed by atoms with Gasteiger partial charge < -0.3 is 9.47 Å². The van der Waals surface area contributed by atoms with Crippen molar-refractivity contribution < 1.29 is 18.7 Å². The Bertz CT molecular complexity index is 341. The molecule has 0 N–H and O–H groups in total. The SMILES string of the molecule is CCOC(=O)c1ncc(F)cc1OC. The largest absolute Gasteiger partial charge is 0.494 e. The predicted molar refractivity (Wildman–Crippen MR) is 46.7 cm³/mol. The van der Waals surface area contributed by atoms with Crippen LogP contribution in [-0.4, -0.2) is 24.7 Å². The van der Waals surface area contributed by atoms with E-state index in [2.05, 4.69) is 4.98 Å². The lowest BCUT2D eigenvalue weighted by molar-refractivity contribution is 0.0515. The van der Waals surface area contributed by atoms with Crippen molar-refractivity contribution >= 4 is 5.97 Å². The second kappa shape index (κ2) is 4.55. The molecule has 0 unspecified atom stereocenters. The van der Waals surface area contributed by atoms with Gasteiger partial charge in [-0.25, -0.2) is 14.2 Å². The van der Waals surface area contributed by atoms with E-state index in [0.717, 1.165) is 12.3 Å². The minimum absolute atomic E-state index is 0.0178. The lowest BCUT2D eigenvalue weighted by Gasteiger charge is -2.05. The highest BCUT2D eigenvalue weighted by Gasteiger charge is 2.15. The minimum Gasteiger partial charge on any atom is -0.494 e. The molecule has 0 aliphatic rings. The second-order valence-electron chi connectivity index (χ2n) is 2.42. The van der Waals surface area contributed by atoms with Crippen LogP contribution in [0, 0.1) is 5.82 Å². The van der Waals surface area contributed by atoms with Crippen LogP contribution in [-0.2, 0) is 4.74 Å². The summed E-state index contributed by atoms with van der Waals surface area (Å²) in [4.78, 5) is 14.8. The van der Waals surface area contributed by atoms with Crippen molar-refractivity contribution in [3.63, 3.8) is 0 Å². The van der Waals surface area contributed by atoms with Crippen molar-refractivity contribution in [3.05, 3.63) is 23.8 Å². The average Bonchev–Trinajstić information content (AvgIpc) is 2.17. The van der Waals surface area contributed by atoms with Gasteiger partial charge in [-0.3, -0.25) is 0 Å². The van der Waals surface area contributed by atoms with E-state index in [1.54, 1.807) is 6.92 Å². The van der Waals surface area contributed by atoms with Crippen molar-refractivity contribution in [3.8, 4) is 5.75 Å². The molecule has 0 radical (unpaired) electrons. The number of pyridine rings is 1. The van der Waals surface area contributed by atoms with Crippen LogP contribution in [0.5, 0.6) is 5.75 Å². The number of hydrogen-bond donors (Lipinski definition) is 0. The van der Waals surface area contributed by atoms with Crippen LogP contribution >= 0.6 is 0 Å². The summed E-state index contributed by atoms with van der Waals surface area (Å²) in [6.07, 6.45) is 0.939. The van der Waals surface area contributed by atoms with E-state index in [4.69, 9.17) is 9.47 Å². The molecule has 0 fully saturated rings. The van der Waals surface area contributed by atoms with Crippen molar-refractivity contribution in [2.24, 2.45) is 0 Å². The van der Waals surface area contributed by atoms with Crippen molar-refractivity contribution in [1.82, 2.24) is 4.98 Å². The Morgan fingerprint density at radius 3 is 2.93 bits per heavy atom. The van der Waals surface area contributed by atoms with Crippen LogP contribution in [0.3, 0.4) is 0 Å². The molecule has 0 aliphatic heterocycles. The molecule has 1 heterocycles. The van der Waals surface area contributed by atoms with E-state index < -0.39 is 11.8 Å². The summed E-state index contributed by atoms with van der Waals surface area (Å²) in [6.45, 7) is 1.91. The molecule has 76 valence electrons. The molecule has 0 atom stereocenters. The number of rotatable bonds is 3. The number of nitrogens with zero attached hydrogens (tertiary/aromatic N) is 1. The number of hydrogen-bond acceptors (Lipinski definition) is 4. The Morgan fingerprint density at radius 2 is 2.36 bits per heavy atom. The maximum Gasteiger partial charge on any atom is 0.360 e. The van der Waals surface area contributed by atoms with Crippen LogP contribution in [0.2, 0.25) is 0 Å². The molecule has 0 bridgehead atoms. The molecule has 0 aliphatic carbocycles. The van der Waals surface area contributed by atoms with E-state index >= 15 is 0 Å². The lowest BCUT2D eigenvalue weighted by Crippen LogP contribution is -2.09. The molecule has 0 saturated carbocycles. The summed E-state index contributed by atoms with van der Waals surface area (Å²) in [5, 5.41) is 0. The van der Waals surface area contributed by atoms with Gasteiger partial charge in [0.1, 0.15) is 5.82 Å². The number of halogens is 1. The van der Waals surface area contributed by atoms with Gasteiger partial charge in [-0.15, -0.1) is 0 Å². The van der Waals surface area contributed by atoms with Crippen LogP contribution in [0.4, 0.5) is 4.39 Å². The number of carbonyl (C=O) groups is 1. The van der Waals surface area contributed by atoms with Gasteiger partial charge in [-0.2, -0.15) is 0 Å². The van der Waals surface area contributed by atoms with Crippen LogP contribution < -0.4 is 4.74 Å². The molecule has 5 heteroatoms. The van der Waals surface area contributed by atoms with Crippen molar-refractivity contribution in [1.29, 1.82) is 0 Å². The summed E-state index contributed by atoms with van der Waals surface area (Å²) < 4.78 is 22.2. The highest BCUT2D eigenvalue weighted by atomic mass is 19.1. The molecule has 1 aromatic rings. The highest BCUT2D eigenvalue weighted by molar-refractivity contribution is 5.90. The van der Waals surface area contributed by atoms with Crippen molar-refractivity contribution in [2.75, 3.05) is 13.7 Å². The summed E-state index contributed by atoms with van der Waals surface area (Å²) in [6, 6.07) is 1.08. The summed E-state index contributed by atoms with van der Waals surface area (Å²) in [7, 11) is 1.33. The molecular formula is C9H10FNO3. The topological polar surface area (TPSA) is 48.4 Å². The number of carbonyl (C=O) groups excluding carboxylic acids is 1. The molecule has 4 nitrogen and oxygen atoms in total. The van der Waals surface area contributed by atoms with E-state index in [9.17, 15) is 9.18 Å². The van der Waals surface area contributed by atoms with Crippen LogP contribution in [0.15, 0.2) is 12.3 Å². The zero-order valence-corrected chi connectivity index (χ0v) is 7.91. The van der Waals surface area contributed by atoms with E-state index in [1.165, 1.54) is 7.11 Å². The maximum atomic E-state index is 12.7. The van der Waals surface area contributed by atoms with Crippen LogP contribution in [0.1, 0.15) is 17.4 Å². The fourth-order valence-corrected chi connectivity index (χ4v) is 0.929. The smallest absolute Gasteiger partial charge is 0.360 e. The minimum atomic E-state index is -0.621. The number of aromatic nitrogens is 1. The third-order valence-corrected chi connectivity index (χ3v) is 1.51. The van der Waals surface area contributed by atoms with Crippen molar-refractivity contribution in [2.45, 2.75) is 6.92 Å². The van der Waals surface area contributed by atoms with Gasteiger partial charge in [0.15, 0.2) is 11.4 Å². The first kappa shape index (κ1) is 10.4. The van der Waals surface area contributed by atoms with E-state index in [-0.39, 0.29) is 18.1 Å². The Hall–Kier alpha value is -1.65. The number of esters is 1. The first-order chi connectivity index (χ1) is 6.69. The standard InChI is InChI=1S/C9H10FNO3/c1-3-14-9(12)8-7(13-2)4-6(10)5-11-8/h4-5H,3H2,1-2H3. The maximum absolute atomic E-state index is 12.7. The third kappa shape index (κ3) is 2.18. The Kier molecular flexibility index (Phi) is 3.39. The second-order valence-corrected chi connectivity index (χ2v) is 2.42. The quantitative estimate of drug-likeness (QED) is 0.690. The van der Waals surface area contributed by atoms with E-state index in [1.807, 2.05) is 0 Å². The predicted octanol–water partition coefficient (Wildman–Crippen LogP) is 1.41. The average molecular weight is 199 g/mol. The fraction of sp³-hybridized carbons (Fsp3) is 0.333. The highest BCUT2D eigenvalue weighted by Crippen LogP contribution is 2.17. The summed E-state index contributed by atoms with van der Waals surface area (Å²) >= 11 is 0. The van der Waals surface area contributed by atoms with Gasteiger partial charge >= 0.3 is 5.97 Å². The molecule has 1 aromatic heterocycles. The fourth-order valence-electron chi connectivity index (χ4n) is 0.929. The number of methoxy groups -OCH3 is 1. The molecule has 0 spiro atoms. The Labute approximate surface area is 80.7 Å². The summed E-state index contributed by atoms with van der Waals surface area (Å²) in [5.74, 6) is -1.11. The molecule has 1 rings (SSSR count). The van der Waals surface area contributed by atoms with Gasteiger partial charge in [-0.1, -0.05) is 0 Å². The third-order valence-electron chi connectivity index (χ3n) is 1.51. The first-order valence-corrected chi connectivity index (χ1v) is 4.05. The zero-order chi connectivity index (χ0) is 10.6. The van der Waals surface area contributed by atoms with E-state index in [0.29, 0.717) is 0 Å². The molecule has 0 aromatic carbocycles. The van der Waals surface area contributed by atoms with Gasteiger partial charge in [0, 0.05) is 6.07 Å². The Balaban J connectivity index is 3.01. The number of ether oxygens (including phenoxy) is 2. The first-order valence-electron chi connectivity index (χ1n) is 4.05. The Morgan fingerprint density at radius 1 is 1.64 bits per heavy atom. The summed E-state index contributed by atoms with van der Waals surface area (Å²) in [5.41, 5.74) is -0.0178. The van der Waals surface area contributed by atoms with Crippen LogP contribution in [0.25, 0.3) is 0 Å². The molecule has 0 saturated heterocycles. The normalized spacial score (nSPS) is 9.64. The lowest BCUT2D eigenvalue weighted by atomic mass is 10.3. The zero-order valence-electron chi connectivity index (χ0n) is 7.91. The molecule has 14 heavy (non-hydrogen) atoms. The monoisotopic (exact) mass is 199 g/mol. The van der Waals surface area contributed by atoms with Gasteiger partial charge in [0.05, 0.1) is 19.9 Å². The van der Waals surface area contributed by atoms with Gasteiger partial charge in [-0.05, 0) is 6.92 Å². The molecule has 0 amide bonds. The van der Waals surface area contributed by atoms with Gasteiger partial charge in [0.2, 0.25) is 0 Å². The molecular weight excluding hydrogens is 189 g/mol.